The lowest BCUT2D eigenvalue weighted by Gasteiger charge is -2.35. The lowest BCUT2D eigenvalue weighted by molar-refractivity contribution is 0.0109. The van der Waals surface area contributed by atoms with E-state index in [4.69, 9.17) is 4.74 Å². The third-order valence-corrected chi connectivity index (χ3v) is 5.19. The Balaban J connectivity index is 1.74. The highest BCUT2D eigenvalue weighted by molar-refractivity contribution is 7.09. The lowest BCUT2D eigenvalue weighted by atomic mass is 10.1. The molecular weight excluding hydrogens is 324 g/mol. The molecule has 128 valence electrons. The standard InChI is InChI=1S/C17H22N4O2S/c1-3-14(13-4-6-18-7-5-13)20-17(22)21-8-9-23-10-15(21)16-19-12(2)11-24-16/h4-7,11,14-15H,3,8-10H2,1-2H3,(H,20,22)/t14-,15-/m1/s1. The second-order valence-electron chi connectivity index (χ2n) is 5.80. The van der Waals surface area contributed by atoms with Gasteiger partial charge < -0.3 is 15.0 Å². The minimum absolute atomic E-state index is 0.0259. The van der Waals surface area contributed by atoms with Gasteiger partial charge in [-0.25, -0.2) is 9.78 Å². The van der Waals surface area contributed by atoms with Gasteiger partial charge in [-0.3, -0.25) is 4.98 Å². The molecule has 2 atom stereocenters. The van der Waals surface area contributed by atoms with Crippen molar-refractivity contribution in [2.45, 2.75) is 32.4 Å². The molecule has 0 spiro atoms. The maximum atomic E-state index is 12.9. The van der Waals surface area contributed by atoms with Crippen LogP contribution in [0.3, 0.4) is 0 Å². The molecule has 3 rings (SSSR count). The zero-order valence-corrected chi connectivity index (χ0v) is 14.8. The number of hydrogen-bond donors (Lipinski definition) is 1. The van der Waals surface area contributed by atoms with Gasteiger partial charge in [0.05, 0.1) is 19.3 Å². The third kappa shape index (κ3) is 3.73. The Morgan fingerprint density at radius 3 is 2.96 bits per heavy atom. The number of morpholine rings is 1. The van der Waals surface area contributed by atoms with Crippen molar-refractivity contribution in [2.24, 2.45) is 0 Å². The van der Waals surface area contributed by atoms with E-state index in [1.54, 1.807) is 23.7 Å². The molecule has 1 fully saturated rings. The van der Waals surface area contributed by atoms with Crippen LogP contribution in [0.5, 0.6) is 0 Å². The first-order chi connectivity index (χ1) is 11.7. The largest absolute Gasteiger partial charge is 0.377 e. The number of carbonyl (C=O) groups is 1. The van der Waals surface area contributed by atoms with Crippen molar-refractivity contribution in [3.63, 3.8) is 0 Å². The number of aromatic nitrogens is 2. The smallest absolute Gasteiger partial charge is 0.318 e. The molecule has 0 unspecified atom stereocenters. The first-order valence-corrected chi connectivity index (χ1v) is 9.03. The molecule has 7 heteroatoms. The van der Waals surface area contributed by atoms with Crippen molar-refractivity contribution in [2.75, 3.05) is 19.8 Å². The van der Waals surface area contributed by atoms with Gasteiger partial charge in [0.2, 0.25) is 0 Å². The number of amides is 2. The summed E-state index contributed by atoms with van der Waals surface area (Å²) in [5, 5.41) is 6.08. The highest BCUT2D eigenvalue weighted by Crippen LogP contribution is 2.27. The minimum Gasteiger partial charge on any atom is -0.377 e. The normalized spacial score (nSPS) is 19.1. The van der Waals surface area contributed by atoms with Gasteiger partial charge in [-0.15, -0.1) is 11.3 Å². The molecular formula is C17H22N4O2S. The SMILES string of the molecule is CC[C@@H](NC(=O)N1CCOC[C@@H]1c1nc(C)cs1)c1ccncc1. The summed E-state index contributed by atoms with van der Waals surface area (Å²) in [7, 11) is 0. The fraction of sp³-hybridized carbons (Fsp3) is 0.471. The Morgan fingerprint density at radius 2 is 2.29 bits per heavy atom. The van der Waals surface area contributed by atoms with Crippen LogP contribution in [0.25, 0.3) is 0 Å². The van der Waals surface area contributed by atoms with Gasteiger partial charge in [0, 0.05) is 30.0 Å². The summed E-state index contributed by atoms with van der Waals surface area (Å²) in [6.45, 7) is 5.64. The molecule has 1 aliphatic heterocycles. The van der Waals surface area contributed by atoms with Crippen LogP contribution in [-0.4, -0.2) is 40.7 Å². The van der Waals surface area contributed by atoms with Crippen molar-refractivity contribution >= 4 is 17.4 Å². The van der Waals surface area contributed by atoms with Gasteiger partial charge >= 0.3 is 6.03 Å². The summed E-state index contributed by atoms with van der Waals surface area (Å²) in [5.41, 5.74) is 2.04. The molecule has 0 radical (unpaired) electrons. The van der Waals surface area contributed by atoms with Crippen molar-refractivity contribution in [3.8, 4) is 0 Å². The van der Waals surface area contributed by atoms with Crippen molar-refractivity contribution < 1.29 is 9.53 Å². The number of aryl methyl sites for hydroxylation is 1. The van der Waals surface area contributed by atoms with Gasteiger partial charge in [-0.05, 0) is 31.0 Å². The van der Waals surface area contributed by atoms with E-state index < -0.39 is 0 Å². The number of carbonyl (C=O) groups excluding carboxylic acids is 1. The number of nitrogens with one attached hydrogen (secondary N) is 1. The highest BCUT2D eigenvalue weighted by Gasteiger charge is 2.31. The second-order valence-corrected chi connectivity index (χ2v) is 6.69. The number of nitrogens with zero attached hydrogens (tertiary/aromatic N) is 3. The van der Waals surface area contributed by atoms with Crippen LogP contribution in [0, 0.1) is 6.92 Å². The Labute approximate surface area is 145 Å². The number of hydrogen-bond acceptors (Lipinski definition) is 5. The lowest BCUT2D eigenvalue weighted by Crippen LogP contribution is -2.48. The van der Waals surface area contributed by atoms with Gasteiger partial charge in [-0.1, -0.05) is 6.92 Å². The van der Waals surface area contributed by atoms with Crippen LogP contribution in [0.2, 0.25) is 0 Å². The quantitative estimate of drug-likeness (QED) is 0.924. The first kappa shape index (κ1) is 16.9. The summed E-state index contributed by atoms with van der Waals surface area (Å²) in [4.78, 5) is 23.3. The van der Waals surface area contributed by atoms with E-state index in [9.17, 15) is 4.79 Å². The molecule has 2 aromatic heterocycles. The van der Waals surface area contributed by atoms with Crippen LogP contribution in [-0.2, 0) is 4.74 Å². The topological polar surface area (TPSA) is 67.4 Å². The number of rotatable bonds is 4. The number of ether oxygens (including phenoxy) is 1. The van der Waals surface area contributed by atoms with E-state index in [1.807, 2.05) is 29.3 Å². The zero-order valence-electron chi connectivity index (χ0n) is 13.9. The molecule has 2 aromatic rings. The summed E-state index contributed by atoms with van der Waals surface area (Å²) in [6.07, 6.45) is 4.32. The molecule has 1 aliphatic rings. The van der Waals surface area contributed by atoms with Gasteiger partial charge in [0.25, 0.3) is 0 Å². The Bertz CT molecular complexity index is 676. The fourth-order valence-corrected chi connectivity index (χ4v) is 3.72. The van der Waals surface area contributed by atoms with E-state index in [1.165, 1.54) is 0 Å². The predicted molar refractivity (Wildman–Crippen MR) is 92.9 cm³/mol. The van der Waals surface area contributed by atoms with E-state index in [0.29, 0.717) is 19.8 Å². The van der Waals surface area contributed by atoms with Crippen molar-refractivity contribution in [1.29, 1.82) is 0 Å². The van der Waals surface area contributed by atoms with Crippen LogP contribution in [0.1, 0.15) is 41.7 Å². The van der Waals surface area contributed by atoms with Gasteiger partial charge in [-0.2, -0.15) is 0 Å². The Hall–Kier alpha value is -1.99. The van der Waals surface area contributed by atoms with Crippen LogP contribution in [0.15, 0.2) is 29.9 Å². The number of thiazole rings is 1. The molecule has 2 amide bonds. The predicted octanol–water partition coefficient (Wildman–Crippen LogP) is 3.08. The molecule has 24 heavy (non-hydrogen) atoms. The summed E-state index contributed by atoms with van der Waals surface area (Å²) < 4.78 is 5.58. The van der Waals surface area contributed by atoms with Crippen molar-refractivity contribution in [1.82, 2.24) is 20.2 Å². The molecule has 0 saturated carbocycles. The van der Waals surface area contributed by atoms with Crippen LogP contribution in [0.4, 0.5) is 4.79 Å². The maximum Gasteiger partial charge on any atom is 0.318 e. The highest BCUT2D eigenvalue weighted by atomic mass is 32.1. The van der Waals surface area contributed by atoms with E-state index in [2.05, 4.69) is 22.2 Å². The average Bonchev–Trinajstić information content (AvgIpc) is 3.06. The number of urea groups is 1. The minimum atomic E-state index is -0.118. The number of pyridine rings is 1. The zero-order chi connectivity index (χ0) is 16.9. The van der Waals surface area contributed by atoms with Crippen LogP contribution < -0.4 is 5.32 Å². The van der Waals surface area contributed by atoms with Crippen molar-refractivity contribution in [3.05, 3.63) is 46.2 Å². The molecule has 0 aromatic carbocycles. The average molecular weight is 346 g/mol. The second kappa shape index (κ2) is 7.72. The fourth-order valence-electron chi connectivity index (χ4n) is 2.83. The summed E-state index contributed by atoms with van der Waals surface area (Å²) in [5.74, 6) is 0. The summed E-state index contributed by atoms with van der Waals surface area (Å²) >= 11 is 1.58. The molecule has 0 bridgehead atoms. The molecule has 1 saturated heterocycles. The van der Waals surface area contributed by atoms with E-state index >= 15 is 0 Å². The van der Waals surface area contributed by atoms with E-state index in [0.717, 1.165) is 22.7 Å². The van der Waals surface area contributed by atoms with Crippen LogP contribution >= 0.6 is 11.3 Å². The third-order valence-electron chi connectivity index (χ3n) is 4.13. The molecule has 0 aliphatic carbocycles. The Kier molecular flexibility index (Phi) is 5.42. The molecule has 6 nitrogen and oxygen atoms in total. The first-order valence-electron chi connectivity index (χ1n) is 8.16. The summed E-state index contributed by atoms with van der Waals surface area (Å²) in [6, 6.07) is 3.67. The molecule has 3 heterocycles. The molecule has 1 N–H and O–H groups in total. The Morgan fingerprint density at radius 1 is 1.50 bits per heavy atom. The monoisotopic (exact) mass is 346 g/mol. The van der Waals surface area contributed by atoms with Gasteiger partial charge in [0.15, 0.2) is 0 Å². The van der Waals surface area contributed by atoms with Gasteiger partial charge in [0.1, 0.15) is 11.0 Å². The van der Waals surface area contributed by atoms with E-state index in [-0.39, 0.29) is 18.1 Å². The maximum absolute atomic E-state index is 12.9.